The van der Waals surface area contributed by atoms with Gasteiger partial charge in [-0.3, -0.25) is 9.59 Å². The first-order valence-corrected chi connectivity index (χ1v) is 16.3. The van der Waals surface area contributed by atoms with Crippen LogP contribution in [0.2, 0.25) is 0 Å². The summed E-state index contributed by atoms with van der Waals surface area (Å²) in [7, 11) is 0. The Hall–Kier alpha value is -5.17. The Bertz CT molecular complexity index is 1770. The number of carbonyl (C=O) groups excluding carboxylic acids is 3. The van der Waals surface area contributed by atoms with Crippen LogP contribution in [-0.4, -0.2) is 37.2 Å². The van der Waals surface area contributed by atoms with Crippen molar-refractivity contribution in [3.8, 4) is 11.1 Å². The number of nitrogens with one attached hydrogen (secondary N) is 2. The number of rotatable bonds is 10. The van der Waals surface area contributed by atoms with Crippen LogP contribution in [0.3, 0.4) is 0 Å². The van der Waals surface area contributed by atoms with Crippen LogP contribution in [0.25, 0.3) is 11.1 Å². The fourth-order valence-corrected chi connectivity index (χ4v) is 7.57. The number of fused-ring (bicyclic) bond motifs is 4. The first kappa shape index (κ1) is 30.5. The number of esters is 1. The highest BCUT2D eigenvalue weighted by molar-refractivity contribution is 5.96. The van der Waals surface area contributed by atoms with Gasteiger partial charge in [0.25, 0.3) is 0 Å². The highest BCUT2D eigenvalue weighted by Crippen LogP contribution is 2.52. The van der Waals surface area contributed by atoms with E-state index in [0.29, 0.717) is 38.0 Å². The lowest BCUT2D eigenvalue weighted by atomic mass is 9.75. The molecule has 0 spiro atoms. The van der Waals surface area contributed by atoms with Crippen molar-refractivity contribution in [3.05, 3.63) is 138 Å². The molecule has 7 rings (SSSR count). The standard InChI is InChI=1S/C40H38N2O5/c1-26-21-29-24-46-38(44)40(29,22-26)23-28-15-18-30(19-16-28)41-37(43)36(20-17-27-9-3-2-4-10-27)42-39(45)47-25-35-33-13-7-5-11-31(33)32-12-6-8-14-34(32)35/h2-16,18-19,29,35-36H,1,17,20-25H2,(H,41,43)(H,42,45). The van der Waals surface area contributed by atoms with Gasteiger partial charge in [-0.15, -0.1) is 0 Å². The van der Waals surface area contributed by atoms with E-state index in [9.17, 15) is 14.4 Å². The van der Waals surface area contributed by atoms with Crippen molar-refractivity contribution in [1.82, 2.24) is 5.32 Å². The van der Waals surface area contributed by atoms with Crippen LogP contribution in [0.5, 0.6) is 0 Å². The molecule has 1 heterocycles. The number of hydrogen-bond acceptors (Lipinski definition) is 5. The largest absolute Gasteiger partial charge is 0.465 e. The molecule has 1 saturated heterocycles. The van der Waals surface area contributed by atoms with E-state index >= 15 is 0 Å². The molecule has 2 N–H and O–H groups in total. The Morgan fingerprint density at radius 3 is 2.23 bits per heavy atom. The predicted molar refractivity (Wildman–Crippen MR) is 181 cm³/mol. The number of hydrogen-bond donors (Lipinski definition) is 2. The second-order valence-electron chi connectivity index (χ2n) is 13.0. The zero-order chi connectivity index (χ0) is 32.4. The number of ether oxygens (including phenoxy) is 2. The topological polar surface area (TPSA) is 93.7 Å². The molecule has 3 atom stereocenters. The van der Waals surface area contributed by atoms with Crippen molar-refractivity contribution in [2.24, 2.45) is 11.3 Å². The molecule has 1 aliphatic heterocycles. The number of alkyl carbamates (subject to hydrolysis) is 1. The quantitative estimate of drug-likeness (QED) is 0.143. The first-order chi connectivity index (χ1) is 22.9. The summed E-state index contributed by atoms with van der Waals surface area (Å²) in [6.07, 6.45) is 2.42. The highest BCUT2D eigenvalue weighted by Gasteiger charge is 2.55. The van der Waals surface area contributed by atoms with E-state index in [0.717, 1.165) is 45.4 Å². The summed E-state index contributed by atoms with van der Waals surface area (Å²) >= 11 is 0. The lowest BCUT2D eigenvalue weighted by Crippen LogP contribution is -2.44. The van der Waals surface area contributed by atoms with Crippen molar-refractivity contribution >= 4 is 23.7 Å². The Labute approximate surface area is 275 Å². The van der Waals surface area contributed by atoms with Crippen LogP contribution >= 0.6 is 0 Å². The summed E-state index contributed by atoms with van der Waals surface area (Å²) in [4.78, 5) is 39.5. The minimum absolute atomic E-state index is 0.0773. The van der Waals surface area contributed by atoms with Crippen molar-refractivity contribution in [3.63, 3.8) is 0 Å². The van der Waals surface area contributed by atoms with Crippen molar-refractivity contribution in [1.29, 1.82) is 0 Å². The lowest BCUT2D eigenvalue weighted by molar-refractivity contribution is -0.146. The van der Waals surface area contributed by atoms with Crippen molar-refractivity contribution in [2.45, 2.75) is 44.1 Å². The zero-order valence-electron chi connectivity index (χ0n) is 26.2. The normalized spacial score (nSPS) is 20.1. The van der Waals surface area contributed by atoms with Crippen molar-refractivity contribution in [2.75, 3.05) is 18.5 Å². The molecular formula is C40H38N2O5. The molecule has 2 fully saturated rings. The van der Waals surface area contributed by atoms with Gasteiger partial charge >= 0.3 is 12.1 Å². The van der Waals surface area contributed by atoms with Gasteiger partial charge in [0.15, 0.2) is 0 Å². The Balaban J connectivity index is 1.01. The maximum Gasteiger partial charge on any atom is 0.407 e. The van der Waals surface area contributed by atoms with Crippen LogP contribution in [0.4, 0.5) is 10.5 Å². The summed E-state index contributed by atoms with van der Waals surface area (Å²) < 4.78 is 11.2. The number of amides is 2. The number of aryl methyl sites for hydroxylation is 1. The third kappa shape index (κ3) is 6.18. The first-order valence-electron chi connectivity index (χ1n) is 16.3. The van der Waals surface area contributed by atoms with Gasteiger partial charge in [-0.1, -0.05) is 103 Å². The fraction of sp³-hybridized carbons (Fsp3) is 0.275. The molecular weight excluding hydrogens is 588 g/mol. The third-order valence-corrected chi connectivity index (χ3v) is 9.96. The Morgan fingerprint density at radius 1 is 0.872 bits per heavy atom. The van der Waals surface area contributed by atoms with Gasteiger partial charge < -0.3 is 20.1 Å². The molecule has 7 nitrogen and oxygen atoms in total. The molecule has 0 radical (unpaired) electrons. The van der Waals surface area contributed by atoms with Gasteiger partial charge in [-0.2, -0.15) is 0 Å². The Kier molecular flexibility index (Phi) is 8.37. The van der Waals surface area contributed by atoms with Gasteiger partial charge in [-0.05, 0) is 77.6 Å². The highest BCUT2D eigenvalue weighted by atomic mass is 16.5. The smallest absolute Gasteiger partial charge is 0.407 e. The van der Waals surface area contributed by atoms with E-state index < -0.39 is 17.6 Å². The minimum Gasteiger partial charge on any atom is -0.465 e. The van der Waals surface area contributed by atoms with E-state index in [1.165, 1.54) is 0 Å². The molecule has 4 aromatic carbocycles. The number of allylic oxidation sites excluding steroid dienone is 1. The van der Waals surface area contributed by atoms with Crippen LogP contribution in [0.15, 0.2) is 115 Å². The van der Waals surface area contributed by atoms with Gasteiger partial charge in [0, 0.05) is 17.5 Å². The van der Waals surface area contributed by atoms with Crippen molar-refractivity contribution < 1.29 is 23.9 Å². The molecule has 2 aliphatic carbocycles. The number of cyclic esters (lactones) is 1. The van der Waals surface area contributed by atoms with E-state index in [1.54, 1.807) is 0 Å². The summed E-state index contributed by atoms with van der Waals surface area (Å²) in [6.45, 7) is 4.75. The SMILES string of the molecule is C=C1CC2COC(=O)C2(Cc2ccc(NC(=O)C(CCc3ccccc3)NC(=O)OCC3c4ccccc4-c4ccccc43)cc2)C1. The average molecular weight is 627 g/mol. The van der Waals surface area contributed by atoms with Crippen LogP contribution in [0, 0.1) is 11.3 Å². The third-order valence-electron chi connectivity index (χ3n) is 9.96. The van der Waals surface area contributed by atoms with Crippen LogP contribution < -0.4 is 10.6 Å². The second-order valence-corrected chi connectivity index (χ2v) is 13.0. The van der Waals surface area contributed by atoms with E-state index in [-0.39, 0.29) is 30.3 Å². The predicted octanol–water partition coefficient (Wildman–Crippen LogP) is 7.22. The van der Waals surface area contributed by atoms with Gasteiger partial charge in [0.05, 0.1) is 12.0 Å². The molecule has 7 heteroatoms. The average Bonchev–Trinajstić information content (AvgIpc) is 3.69. The molecule has 238 valence electrons. The maximum absolute atomic E-state index is 13.6. The number of carbonyl (C=O) groups is 3. The van der Waals surface area contributed by atoms with Crippen LogP contribution in [0.1, 0.15) is 47.4 Å². The summed E-state index contributed by atoms with van der Waals surface area (Å²) in [6, 6.07) is 33.0. The molecule has 0 bridgehead atoms. The summed E-state index contributed by atoms with van der Waals surface area (Å²) in [5.74, 6) is -0.380. The molecule has 1 saturated carbocycles. The molecule has 3 unspecified atom stereocenters. The van der Waals surface area contributed by atoms with Crippen LogP contribution in [-0.2, 0) is 31.9 Å². The molecule has 3 aliphatic rings. The number of benzene rings is 4. The van der Waals surface area contributed by atoms with E-state index in [2.05, 4.69) is 41.5 Å². The molecule has 0 aromatic heterocycles. The summed E-state index contributed by atoms with van der Waals surface area (Å²) in [5, 5.41) is 5.81. The minimum atomic E-state index is -0.817. The number of anilines is 1. The molecule has 4 aromatic rings. The van der Waals surface area contributed by atoms with E-state index in [1.807, 2.05) is 78.9 Å². The van der Waals surface area contributed by atoms with Gasteiger partial charge in [0.1, 0.15) is 12.6 Å². The second kappa shape index (κ2) is 12.9. The molecule has 2 amide bonds. The van der Waals surface area contributed by atoms with E-state index in [4.69, 9.17) is 9.47 Å². The van der Waals surface area contributed by atoms with Gasteiger partial charge in [-0.25, -0.2) is 4.79 Å². The summed E-state index contributed by atoms with van der Waals surface area (Å²) in [5.41, 5.74) is 7.79. The van der Waals surface area contributed by atoms with Gasteiger partial charge in [0.2, 0.25) is 5.91 Å². The maximum atomic E-state index is 13.6. The Morgan fingerprint density at radius 2 is 1.53 bits per heavy atom. The zero-order valence-corrected chi connectivity index (χ0v) is 26.2. The monoisotopic (exact) mass is 626 g/mol. The lowest BCUT2D eigenvalue weighted by Gasteiger charge is -2.24. The molecule has 47 heavy (non-hydrogen) atoms. The fourth-order valence-electron chi connectivity index (χ4n) is 7.57.